The Balaban J connectivity index is 1.77. The summed E-state index contributed by atoms with van der Waals surface area (Å²) in [6, 6.07) is 11.1. The lowest BCUT2D eigenvalue weighted by Gasteiger charge is -2.09. The fourth-order valence-corrected chi connectivity index (χ4v) is 2.59. The minimum absolute atomic E-state index is 0.244. The van der Waals surface area contributed by atoms with Crippen molar-refractivity contribution in [1.29, 1.82) is 0 Å². The highest BCUT2D eigenvalue weighted by Gasteiger charge is 2.10. The fraction of sp³-hybridized carbons (Fsp3) is 0.263. The van der Waals surface area contributed by atoms with Gasteiger partial charge in [-0.25, -0.2) is 4.79 Å². The van der Waals surface area contributed by atoms with Gasteiger partial charge in [0.15, 0.2) is 13.2 Å². The van der Waals surface area contributed by atoms with Crippen LogP contribution in [0, 0.1) is 20.8 Å². The van der Waals surface area contributed by atoms with Gasteiger partial charge in [-0.3, -0.25) is 4.79 Å². The molecule has 0 spiro atoms. The Labute approximate surface area is 155 Å². The third-order valence-electron chi connectivity index (χ3n) is 3.37. The van der Waals surface area contributed by atoms with E-state index in [4.69, 9.17) is 9.47 Å². The Hall–Kier alpha value is -2.34. The van der Waals surface area contributed by atoms with E-state index in [2.05, 4.69) is 21.2 Å². The van der Waals surface area contributed by atoms with Gasteiger partial charge in [-0.05, 0) is 61.7 Å². The highest BCUT2D eigenvalue weighted by Crippen LogP contribution is 2.20. The summed E-state index contributed by atoms with van der Waals surface area (Å²) in [4.78, 5) is 23.5. The molecule has 0 unspecified atom stereocenters. The van der Waals surface area contributed by atoms with Crippen LogP contribution in [0.4, 0.5) is 5.69 Å². The molecule has 0 atom stereocenters. The summed E-state index contributed by atoms with van der Waals surface area (Å²) in [5, 5.41) is 2.67. The standard InChI is InChI=1S/C19H20BrNO4/c1-12-6-13(2)8-16(7-12)24-11-19(23)25-10-18(22)21-15-5-4-14(3)17(20)9-15/h4-9H,10-11H2,1-3H3,(H,21,22). The van der Waals surface area contributed by atoms with Gasteiger partial charge in [-0.1, -0.05) is 28.1 Å². The molecule has 2 rings (SSSR count). The van der Waals surface area contributed by atoms with E-state index in [0.717, 1.165) is 21.2 Å². The molecule has 0 aliphatic rings. The average molecular weight is 406 g/mol. The number of rotatable bonds is 6. The molecule has 6 heteroatoms. The highest BCUT2D eigenvalue weighted by atomic mass is 79.9. The maximum absolute atomic E-state index is 11.8. The molecule has 0 aliphatic heterocycles. The van der Waals surface area contributed by atoms with Crippen molar-refractivity contribution in [3.63, 3.8) is 0 Å². The van der Waals surface area contributed by atoms with E-state index in [1.165, 1.54) is 0 Å². The molecule has 0 saturated heterocycles. The van der Waals surface area contributed by atoms with Crippen molar-refractivity contribution in [2.45, 2.75) is 20.8 Å². The Bertz CT molecular complexity index is 769. The largest absolute Gasteiger partial charge is 0.482 e. The summed E-state index contributed by atoms with van der Waals surface area (Å²) in [5.41, 5.74) is 3.79. The predicted octanol–water partition coefficient (Wildman–Crippen LogP) is 3.94. The van der Waals surface area contributed by atoms with E-state index < -0.39 is 11.9 Å². The lowest BCUT2D eigenvalue weighted by atomic mass is 10.1. The molecule has 25 heavy (non-hydrogen) atoms. The van der Waals surface area contributed by atoms with Crippen LogP contribution in [0.25, 0.3) is 0 Å². The van der Waals surface area contributed by atoms with E-state index in [-0.39, 0.29) is 13.2 Å². The molecule has 1 amide bonds. The number of amides is 1. The van der Waals surface area contributed by atoms with Gasteiger partial charge >= 0.3 is 5.97 Å². The number of carbonyl (C=O) groups excluding carboxylic acids is 2. The Morgan fingerprint density at radius 1 is 1.00 bits per heavy atom. The van der Waals surface area contributed by atoms with Crippen LogP contribution >= 0.6 is 15.9 Å². The van der Waals surface area contributed by atoms with Crippen molar-refractivity contribution in [3.05, 3.63) is 57.6 Å². The lowest BCUT2D eigenvalue weighted by Crippen LogP contribution is -2.23. The molecule has 5 nitrogen and oxygen atoms in total. The lowest BCUT2D eigenvalue weighted by molar-refractivity contribution is -0.149. The van der Waals surface area contributed by atoms with E-state index in [1.54, 1.807) is 12.1 Å². The van der Waals surface area contributed by atoms with Gasteiger partial charge in [0.05, 0.1) is 0 Å². The summed E-state index contributed by atoms with van der Waals surface area (Å²) in [6.45, 7) is 5.25. The zero-order valence-corrected chi connectivity index (χ0v) is 16.0. The minimum Gasteiger partial charge on any atom is -0.482 e. The third-order valence-corrected chi connectivity index (χ3v) is 4.23. The normalized spacial score (nSPS) is 10.2. The third kappa shape index (κ3) is 6.23. The van der Waals surface area contributed by atoms with Gasteiger partial charge in [-0.15, -0.1) is 0 Å². The second kappa shape index (κ2) is 8.67. The van der Waals surface area contributed by atoms with Gasteiger partial charge in [0.25, 0.3) is 5.91 Å². The molecule has 0 aliphatic carbocycles. The molecule has 0 radical (unpaired) electrons. The number of aryl methyl sites for hydroxylation is 3. The Kier molecular flexibility index (Phi) is 6.58. The molecule has 0 aromatic heterocycles. The maximum atomic E-state index is 11.8. The summed E-state index contributed by atoms with van der Waals surface area (Å²) in [7, 11) is 0. The van der Waals surface area contributed by atoms with Crippen LogP contribution in [0.2, 0.25) is 0 Å². The number of esters is 1. The number of anilines is 1. The summed E-state index contributed by atoms with van der Waals surface area (Å²) in [6.07, 6.45) is 0. The molecule has 1 N–H and O–H groups in total. The molecule has 0 bridgehead atoms. The van der Waals surface area contributed by atoms with Crippen molar-refractivity contribution < 1.29 is 19.1 Å². The number of benzene rings is 2. The quantitative estimate of drug-likeness (QED) is 0.739. The zero-order valence-electron chi connectivity index (χ0n) is 14.4. The molecule has 0 fully saturated rings. The Morgan fingerprint density at radius 3 is 2.32 bits per heavy atom. The summed E-state index contributed by atoms with van der Waals surface area (Å²) < 4.78 is 11.2. The van der Waals surface area contributed by atoms with Crippen molar-refractivity contribution in [2.75, 3.05) is 18.5 Å². The van der Waals surface area contributed by atoms with E-state index in [0.29, 0.717) is 11.4 Å². The molecule has 2 aromatic rings. The number of hydrogen-bond acceptors (Lipinski definition) is 4. The average Bonchev–Trinajstić information content (AvgIpc) is 2.53. The SMILES string of the molecule is Cc1cc(C)cc(OCC(=O)OCC(=O)Nc2ccc(C)c(Br)c2)c1. The van der Waals surface area contributed by atoms with Gasteiger partial charge in [0.1, 0.15) is 5.75 Å². The van der Waals surface area contributed by atoms with Crippen LogP contribution in [0.1, 0.15) is 16.7 Å². The van der Waals surface area contributed by atoms with Gasteiger partial charge in [-0.2, -0.15) is 0 Å². The molecule has 132 valence electrons. The number of halogens is 1. The van der Waals surface area contributed by atoms with Crippen LogP contribution < -0.4 is 10.1 Å². The first-order valence-electron chi connectivity index (χ1n) is 7.76. The highest BCUT2D eigenvalue weighted by molar-refractivity contribution is 9.10. The summed E-state index contributed by atoms with van der Waals surface area (Å²) >= 11 is 3.40. The number of ether oxygens (including phenoxy) is 2. The number of hydrogen-bond donors (Lipinski definition) is 1. The molecular weight excluding hydrogens is 386 g/mol. The minimum atomic E-state index is -0.598. The smallest absolute Gasteiger partial charge is 0.344 e. The van der Waals surface area contributed by atoms with Crippen molar-refractivity contribution in [2.24, 2.45) is 0 Å². The molecule has 0 heterocycles. The zero-order chi connectivity index (χ0) is 18.4. The predicted molar refractivity (Wildman–Crippen MR) is 99.9 cm³/mol. The first-order chi connectivity index (χ1) is 11.8. The van der Waals surface area contributed by atoms with Crippen molar-refractivity contribution in [1.82, 2.24) is 0 Å². The molecule has 2 aromatic carbocycles. The second-order valence-electron chi connectivity index (χ2n) is 5.78. The maximum Gasteiger partial charge on any atom is 0.344 e. The van der Waals surface area contributed by atoms with Gasteiger partial charge in [0, 0.05) is 10.2 Å². The van der Waals surface area contributed by atoms with Crippen LogP contribution in [0.15, 0.2) is 40.9 Å². The van der Waals surface area contributed by atoms with Gasteiger partial charge < -0.3 is 14.8 Å². The molecule has 0 saturated carbocycles. The van der Waals surface area contributed by atoms with Gasteiger partial charge in [0.2, 0.25) is 0 Å². The monoisotopic (exact) mass is 405 g/mol. The first kappa shape index (κ1) is 19.0. The van der Waals surface area contributed by atoms with E-state index >= 15 is 0 Å². The van der Waals surface area contributed by atoms with Crippen LogP contribution in [-0.2, 0) is 14.3 Å². The number of nitrogens with one attached hydrogen (secondary N) is 1. The van der Waals surface area contributed by atoms with E-state index in [9.17, 15) is 9.59 Å². The summed E-state index contributed by atoms with van der Waals surface area (Å²) in [5.74, 6) is -0.404. The second-order valence-corrected chi connectivity index (χ2v) is 6.64. The van der Waals surface area contributed by atoms with Crippen molar-refractivity contribution in [3.8, 4) is 5.75 Å². The Morgan fingerprint density at radius 2 is 1.68 bits per heavy atom. The van der Waals surface area contributed by atoms with Crippen LogP contribution in [0.3, 0.4) is 0 Å². The number of carbonyl (C=O) groups is 2. The van der Waals surface area contributed by atoms with Crippen LogP contribution in [-0.4, -0.2) is 25.1 Å². The topological polar surface area (TPSA) is 64.6 Å². The first-order valence-corrected chi connectivity index (χ1v) is 8.55. The van der Waals surface area contributed by atoms with E-state index in [1.807, 2.05) is 45.0 Å². The van der Waals surface area contributed by atoms with Crippen molar-refractivity contribution >= 4 is 33.5 Å². The van der Waals surface area contributed by atoms with Crippen LogP contribution in [0.5, 0.6) is 5.75 Å². The molecular formula is C19H20BrNO4. The fourth-order valence-electron chi connectivity index (χ4n) is 2.21.